The molecule has 0 aliphatic carbocycles. The Morgan fingerprint density at radius 3 is 3.00 bits per heavy atom. The highest BCUT2D eigenvalue weighted by atomic mass is 32.1. The maximum absolute atomic E-state index is 11.5. The minimum absolute atomic E-state index is 0.214. The molecule has 3 heterocycles. The zero-order chi connectivity index (χ0) is 14.7. The van der Waals surface area contributed by atoms with Crippen molar-refractivity contribution in [2.45, 2.75) is 18.8 Å². The van der Waals surface area contributed by atoms with Gasteiger partial charge in [0.1, 0.15) is 0 Å². The Hall–Kier alpha value is -2.02. The molecule has 7 heteroatoms. The molecule has 1 atom stereocenters. The van der Waals surface area contributed by atoms with Crippen molar-refractivity contribution >= 4 is 23.1 Å². The van der Waals surface area contributed by atoms with Gasteiger partial charge in [0.05, 0.1) is 5.01 Å². The van der Waals surface area contributed by atoms with E-state index in [0.29, 0.717) is 11.6 Å². The second-order valence-electron chi connectivity index (χ2n) is 5.01. The van der Waals surface area contributed by atoms with Gasteiger partial charge in [0.25, 0.3) is 5.91 Å². The first-order chi connectivity index (χ1) is 10.3. The van der Waals surface area contributed by atoms with E-state index in [1.807, 2.05) is 17.6 Å². The molecule has 0 saturated carbocycles. The summed E-state index contributed by atoms with van der Waals surface area (Å²) in [7, 11) is 1.58. The summed E-state index contributed by atoms with van der Waals surface area (Å²) < 4.78 is 0. The lowest BCUT2D eigenvalue weighted by Crippen LogP contribution is -2.35. The van der Waals surface area contributed by atoms with E-state index < -0.39 is 0 Å². The number of thiazole rings is 1. The summed E-state index contributed by atoms with van der Waals surface area (Å²) in [5, 5.41) is 13.9. The molecule has 0 aromatic carbocycles. The number of piperidine rings is 1. The Bertz CT molecular complexity index is 598. The van der Waals surface area contributed by atoms with Gasteiger partial charge < -0.3 is 10.2 Å². The molecule has 1 aliphatic heterocycles. The van der Waals surface area contributed by atoms with Crippen LogP contribution in [0.25, 0.3) is 0 Å². The second-order valence-corrected chi connectivity index (χ2v) is 5.94. The number of nitrogens with zero attached hydrogens (tertiary/aromatic N) is 4. The molecule has 0 radical (unpaired) electrons. The van der Waals surface area contributed by atoms with Crippen molar-refractivity contribution < 1.29 is 4.79 Å². The summed E-state index contributed by atoms with van der Waals surface area (Å²) >= 11 is 1.71. The zero-order valence-corrected chi connectivity index (χ0v) is 12.6. The van der Waals surface area contributed by atoms with Crippen LogP contribution in [0.3, 0.4) is 0 Å². The van der Waals surface area contributed by atoms with Crippen LogP contribution >= 0.6 is 11.3 Å². The summed E-state index contributed by atoms with van der Waals surface area (Å²) in [5.41, 5.74) is 0.342. The number of carbonyl (C=O) groups is 1. The lowest BCUT2D eigenvalue weighted by atomic mass is 9.99. The van der Waals surface area contributed by atoms with E-state index in [1.165, 1.54) is 5.01 Å². The first kappa shape index (κ1) is 13.9. The van der Waals surface area contributed by atoms with E-state index in [-0.39, 0.29) is 5.91 Å². The average molecular weight is 303 g/mol. The van der Waals surface area contributed by atoms with Crippen LogP contribution < -0.4 is 10.2 Å². The number of hydrogen-bond donors (Lipinski definition) is 1. The minimum Gasteiger partial charge on any atom is -0.354 e. The van der Waals surface area contributed by atoms with Gasteiger partial charge in [0.15, 0.2) is 11.5 Å². The molecule has 21 heavy (non-hydrogen) atoms. The van der Waals surface area contributed by atoms with Crippen LogP contribution in [0.15, 0.2) is 23.7 Å². The normalized spacial score (nSPS) is 18.5. The number of anilines is 1. The highest BCUT2D eigenvalue weighted by Crippen LogP contribution is 2.29. The van der Waals surface area contributed by atoms with Crippen LogP contribution in [-0.2, 0) is 0 Å². The van der Waals surface area contributed by atoms with Gasteiger partial charge in [0, 0.05) is 37.6 Å². The molecule has 1 amide bonds. The Balaban J connectivity index is 1.73. The van der Waals surface area contributed by atoms with E-state index in [9.17, 15) is 4.79 Å². The van der Waals surface area contributed by atoms with Crippen molar-refractivity contribution in [1.29, 1.82) is 0 Å². The molecular formula is C14H17N5OS. The van der Waals surface area contributed by atoms with Crippen LogP contribution in [0, 0.1) is 0 Å². The average Bonchev–Trinajstić information content (AvgIpc) is 3.09. The minimum atomic E-state index is -0.214. The van der Waals surface area contributed by atoms with Gasteiger partial charge in [-0.2, -0.15) is 0 Å². The lowest BCUT2D eigenvalue weighted by molar-refractivity contribution is 0.0957. The van der Waals surface area contributed by atoms with Crippen molar-refractivity contribution in [3.05, 3.63) is 34.4 Å². The van der Waals surface area contributed by atoms with Crippen molar-refractivity contribution in [3.63, 3.8) is 0 Å². The van der Waals surface area contributed by atoms with Crippen molar-refractivity contribution in [2.75, 3.05) is 25.0 Å². The third-order valence-electron chi connectivity index (χ3n) is 3.66. The molecule has 1 aliphatic rings. The van der Waals surface area contributed by atoms with Gasteiger partial charge in [-0.15, -0.1) is 21.5 Å². The molecule has 110 valence electrons. The fraction of sp³-hybridized carbons (Fsp3) is 0.429. The fourth-order valence-corrected chi connectivity index (χ4v) is 3.33. The summed E-state index contributed by atoms with van der Waals surface area (Å²) in [5.74, 6) is 1.07. The van der Waals surface area contributed by atoms with Gasteiger partial charge in [-0.3, -0.25) is 4.79 Å². The third kappa shape index (κ3) is 3.02. The molecule has 1 N–H and O–H groups in total. The molecule has 6 nitrogen and oxygen atoms in total. The quantitative estimate of drug-likeness (QED) is 0.934. The third-order valence-corrected chi connectivity index (χ3v) is 4.59. The zero-order valence-electron chi connectivity index (χ0n) is 11.8. The molecule has 0 spiro atoms. The van der Waals surface area contributed by atoms with Crippen molar-refractivity contribution in [1.82, 2.24) is 20.5 Å². The Kier molecular flexibility index (Phi) is 4.10. The van der Waals surface area contributed by atoms with E-state index in [2.05, 4.69) is 25.4 Å². The van der Waals surface area contributed by atoms with Crippen LogP contribution in [0.5, 0.6) is 0 Å². The van der Waals surface area contributed by atoms with Gasteiger partial charge >= 0.3 is 0 Å². The Morgan fingerprint density at radius 2 is 2.33 bits per heavy atom. The molecule has 3 rings (SSSR count). The second kappa shape index (κ2) is 6.17. The highest BCUT2D eigenvalue weighted by molar-refractivity contribution is 7.09. The standard InChI is InChI=1S/C14H17N5OS/c1-15-13(20)11-4-5-12(18-17-11)19-7-2-3-10(9-19)14-16-6-8-21-14/h4-6,8,10H,2-3,7,9H2,1H3,(H,15,20). The molecule has 0 bridgehead atoms. The largest absolute Gasteiger partial charge is 0.354 e. The van der Waals surface area contributed by atoms with E-state index in [0.717, 1.165) is 31.7 Å². The summed E-state index contributed by atoms with van der Waals surface area (Å²) in [6, 6.07) is 3.58. The number of aromatic nitrogens is 3. The molecule has 2 aromatic rings. The van der Waals surface area contributed by atoms with E-state index >= 15 is 0 Å². The van der Waals surface area contributed by atoms with E-state index in [4.69, 9.17) is 0 Å². The molecular weight excluding hydrogens is 286 g/mol. The number of hydrogen-bond acceptors (Lipinski definition) is 6. The molecule has 2 aromatic heterocycles. The van der Waals surface area contributed by atoms with E-state index in [1.54, 1.807) is 24.5 Å². The molecule has 1 fully saturated rings. The van der Waals surface area contributed by atoms with Crippen molar-refractivity contribution in [3.8, 4) is 0 Å². The first-order valence-corrected chi connectivity index (χ1v) is 7.86. The van der Waals surface area contributed by atoms with Crippen LogP contribution in [-0.4, -0.2) is 41.2 Å². The van der Waals surface area contributed by atoms with Gasteiger partial charge in [-0.05, 0) is 25.0 Å². The SMILES string of the molecule is CNC(=O)c1ccc(N2CCCC(c3nccs3)C2)nn1. The Labute approximate surface area is 127 Å². The van der Waals surface area contributed by atoms with Crippen LogP contribution in [0.2, 0.25) is 0 Å². The van der Waals surface area contributed by atoms with Gasteiger partial charge in [-0.1, -0.05) is 0 Å². The highest BCUT2D eigenvalue weighted by Gasteiger charge is 2.24. The van der Waals surface area contributed by atoms with Gasteiger partial charge in [0.2, 0.25) is 0 Å². The Morgan fingerprint density at radius 1 is 1.43 bits per heavy atom. The van der Waals surface area contributed by atoms with Crippen LogP contribution in [0.1, 0.15) is 34.3 Å². The smallest absolute Gasteiger partial charge is 0.271 e. The predicted octanol–water partition coefficient (Wildman–Crippen LogP) is 1.68. The van der Waals surface area contributed by atoms with Gasteiger partial charge in [-0.25, -0.2) is 4.98 Å². The molecule has 1 unspecified atom stereocenters. The monoisotopic (exact) mass is 303 g/mol. The van der Waals surface area contributed by atoms with Crippen molar-refractivity contribution in [2.24, 2.45) is 0 Å². The lowest BCUT2D eigenvalue weighted by Gasteiger charge is -2.32. The topological polar surface area (TPSA) is 71.0 Å². The fourth-order valence-electron chi connectivity index (χ4n) is 2.57. The summed E-state index contributed by atoms with van der Waals surface area (Å²) in [4.78, 5) is 18.1. The first-order valence-electron chi connectivity index (χ1n) is 6.98. The maximum atomic E-state index is 11.5. The van der Waals surface area contributed by atoms with Crippen LogP contribution in [0.4, 0.5) is 5.82 Å². The molecule has 1 saturated heterocycles. The maximum Gasteiger partial charge on any atom is 0.271 e. The number of rotatable bonds is 3. The number of nitrogens with one attached hydrogen (secondary N) is 1. The summed E-state index contributed by atoms with van der Waals surface area (Å²) in [6.07, 6.45) is 4.13. The summed E-state index contributed by atoms with van der Waals surface area (Å²) in [6.45, 7) is 1.87. The number of amides is 1. The number of carbonyl (C=O) groups excluding carboxylic acids is 1. The predicted molar refractivity (Wildman–Crippen MR) is 81.7 cm³/mol.